The van der Waals surface area contributed by atoms with Gasteiger partial charge in [0.2, 0.25) is 11.8 Å². The fourth-order valence-electron chi connectivity index (χ4n) is 4.66. The first-order valence-electron chi connectivity index (χ1n) is 10.0. The summed E-state index contributed by atoms with van der Waals surface area (Å²) in [6.07, 6.45) is -0.115. The molecule has 0 unspecified atom stereocenters. The molecule has 0 bridgehead atoms. The number of rotatable bonds is 3. The molecule has 0 N–H and O–H groups in total. The fraction of sp³-hybridized carbons (Fsp3) is 0.160. The van der Waals surface area contributed by atoms with Crippen LogP contribution in [0, 0.1) is 12.8 Å². The summed E-state index contributed by atoms with van der Waals surface area (Å²) in [6.45, 7) is 1.93. The van der Waals surface area contributed by atoms with Crippen LogP contribution in [-0.4, -0.2) is 17.8 Å². The van der Waals surface area contributed by atoms with Crippen molar-refractivity contribution < 1.29 is 19.1 Å². The Kier molecular flexibility index (Phi) is 4.95. The van der Waals surface area contributed by atoms with Crippen LogP contribution in [0.15, 0.2) is 71.2 Å². The van der Waals surface area contributed by atoms with Gasteiger partial charge in [-0.05, 0) is 58.7 Å². The quantitative estimate of drug-likeness (QED) is 0.276. The van der Waals surface area contributed by atoms with Gasteiger partial charge in [-0.2, -0.15) is 0 Å². The number of benzene rings is 3. The molecule has 2 aliphatic heterocycles. The zero-order valence-corrected chi connectivity index (χ0v) is 19.3. The number of amides is 2. The van der Waals surface area contributed by atoms with E-state index in [4.69, 9.17) is 16.3 Å². The van der Waals surface area contributed by atoms with E-state index in [-0.39, 0.29) is 12.3 Å². The SMILES string of the molecule is Cc1ccc(N2C(=O)C[C@@H]([C@@]3(c4ccc(Cl)cc4)C(=O)Oc4c(Br)cccc43)C2=O)cc1. The van der Waals surface area contributed by atoms with Crippen molar-refractivity contribution in [2.24, 2.45) is 5.92 Å². The number of fused-ring (bicyclic) bond motifs is 1. The molecule has 0 saturated carbocycles. The number of hydrogen-bond acceptors (Lipinski definition) is 4. The summed E-state index contributed by atoms with van der Waals surface area (Å²) in [4.78, 5) is 41.5. The molecule has 3 aromatic rings. The van der Waals surface area contributed by atoms with Crippen LogP contribution < -0.4 is 9.64 Å². The van der Waals surface area contributed by atoms with Gasteiger partial charge in [0.1, 0.15) is 11.2 Å². The Morgan fingerprint density at radius 3 is 2.38 bits per heavy atom. The van der Waals surface area contributed by atoms with Crippen molar-refractivity contribution in [2.45, 2.75) is 18.8 Å². The second-order valence-electron chi connectivity index (χ2n) is 7.98. The number of aryl methyl sites for hydroxylation is 1. The lowest BCUT2D eigenvalue weighted by molar-refractivity contribution is -0.141. The second-order valence-corrected chi connectivity index (χ2v) is 9.27. The zero-order chi connectivity index (χ0) is 22.6. The van der Waals surface area contributed by atoms with Gasteiger partial charge >= 0.3 is 5.97 Å². The Bertz CT molecular complexity index is 1270. The van der Waals surface area contributed by atoms with Crippen molar-refractivity contribution in [3.8, 4) is 5.75 Å². The van der Waals surface area contributed by atoms with Crippen molar-refractivity contribution in [2.75, 3.05) is 4.90 Å². The maximum atomic E-state index is 13.7. The van der Waals surface area contributed by atoms with Gasteiger partial charge in [0, 0.05) is 17.0 Å². The lowest BCUT2D eigenvalue weighted by Gasteiger charge is -2.31. The van der Waals surface area contributed by atoms with Gasteiger partial charge in [0.15, 0.2) is 0 Å². The van der Waals surface area contributed by atoms with Crippen LogP contribution in [0.25, 0.3) is 0 Å². The summed E-state index contributed by atoms with van der Waals surface area (Å²) in [6, 6.07) is 19.2. The predicted molar refractivity (Wildman–Crippen MR) is 124 cm³/mol. The summed E-state index contributed by atoms with van der Waals surface area (Å²) in [5, 5.41) is 0.500. The molecule has 1 fully saturated rings. The average molecular weight is 511 g/mol. The topological polar surface area (TPSA) is 63.7 Å². The Labute approximate surface area is 198 Å². The molecule has 2 heterocycles. The summed E-state index contributed by atoms with van der Waals surface area (Å²) < 4.78 is 6.29. The minimum absolute atomic E-state index is 0.115. The standard InChI is InChI=1S/C25H17BrClNO4/c1-14-5-11-17(12-6-14)28-21(29)13-19(23(28)30)25(15-7-9-16(27)10-8-15)18-3-2-4-20(26)22(18)32-24(25)31/h2-12,19H,13H2,1H3/t19-,25+/m1/s1. The number of anilines is 1. The van der Waals surface area contributed by atoms with E-state index in [2.05, 4.69) is 15.9 Å². The van der Waals surface area contributed by atoms with Gasteiger partial charge in [0.05, 0.1) is 16.1 Å². The van der Waals surface area contributed by atoms with Crippen LogP contribution in [0.1, 0.15) is 23.1 Å². The normalized spacial score (nSPS) is 22.3. The number of hydrogen-bond donors (Lipinski definition) is 0. The summed E-state index contributed by atoms with van der Waals surface area (Å²) in [7, 11) is 0. The van der Waals surface area contributed by atoms with Gasteiger partial charge in [-0.3, -0.25) is 19.3 Å². The van der Waals surface area contributed by atoms with Crippen molar-refractivity contribution >= 4 is 51.0 Å². The van der Waals surface area contributed by atoms with Gasteiger partial charge in [-0.25, -0.2) is 0 Å². The number of imide groups is 1. The molecule has 5 nitrogen and oxygen atoms in total. The third-order valence-corrected chi connectivity index (χ3v) is 7.05. The van der Waals surface area contributed by atoms with E-state index in [1.807, 2.05) is 19.1 Å². The molecule has 3 aromatic carbocycles. The van der Waals surface area contributed by atoms with E-state index in [1.54, 1.807) is 54.6 Å². The van der Waals surface area contributed by atoms with Crippen LogP contribution in [0.4, 0.5) is 5.69 Å². The fourth-order valence-corrected chi connectivity index (χ4v) is 5.23. The molecule has 7 heteroatoms. The first kappa shape index (κ1) is 20.9. The molecular weight excluding hydrogens is 494 g/mol. The highest BCUT2D eigenvalue weighted by Gasteiger charge is 2.62. The number of para-hydroxylation sites is 1. The molecule has 32 heavy (non-hydrogen) atoms. The molecule has 0 spiro atoms. The van der Waals surface area contributed by atoms with E-state index in [9.17, 15) is 14.4 Å². The first-order valence-corrected chi connectivity index (χ1v) is 11.2. The smallest absolute Gasteiger partial charge is 0.327 e. The number of nitrogens with zero attached hydrogens (tertiary/aromatic N) is 1. The summed E-state index contributed by atoms with van der Waals surface area (Å²) in [5.41, 5.74) is 1.15. The van der Waals surface area contributed by atoms with Crippen molar-refractivity contribution in [1.82, 2.24) is 0 Å². The number of carbonyl (C=O) groups is 3. The van der Waals surface area contributed by atoms with E-state index in [0.29, 0.717) is 32.1 Å². The third kappa shape index (κ3) is 2.93. The maximum absolute atomic E-state index is 13.7. The van der Waals surface area contributed by atoms with Crippen LogP contribution in [0.5, 0.6) is 5.75 Å². The highest BCUT2D eigenvalue weighted by atomic mass is 79.9. The van der Waals surface area contributed by atoms with E-state index in [1.165, 1.54) is 4.90 Å². The van der Waals surface area contributed by atoms with E-state index < -0.39 is 23.2 Å². The van der Waals surface area contributed by atoms with Gasteiger partial charge in [-0.15, -0.1) is 0 Å². The molecule has 2 amide bonds. The minimum Gasteiger partial charge on any atom is -0.424 e. The van der Waals surface area contributed by atoms with E-state index >= 15 is 0 Å². The molecule has 0 radical (unpaired) electrons. The van der Waals surface area contributed by atoms with Gasteiger partial charge < -0.3 is 4.74 Å². The van der Waals surface area contributed by atoms with E-state index in [0.717, 1.165) is 5.56 Å². The monoisotopic (exact) mass is 509 g/mol. The molecule has 160 valence electrons. The second kappa shape index (κ2) is 7.57. The highest BCUT2D eigenvalue weighted by molar-refractivity contribution is 9.10. The Morgan fingerprint density at radius 1 is 1.00 bits per heavy atom. The Balaban J connectivity index is 1.71. The Hall–Kier alpha value is -2.96. The maximum Gasteiger partial charge on any atom is 0.327 e. The molecule has 5 rings (SSSR count). The molecule has 0 aliphatic carbocycles. The lowest BCUT2D eigenvalue weighted by atomic mass is 9.66. The number of ether oxygens (including phenoxy) is 1. The molecule has 2 atom stereocenters. The predicted octanol–water partition coefficient (Wildman–Crippen LogP) is 5.20. The minimum atomic E-state index is -1.46. The van der Waals surface area contributed by atoms with Crippen LogP contribution >= 0.6 is 27.5 Å². The molecule has 2 aliphatic rings. The van der Waals surface area contributed by atoms with Crippen molar-refractivity contribution in [1.29, 1.82) is 0 Å². The lowest BCUT2D eigenvalue weighted by Crippen LogP contribution is -2.46. The molecule has 0 aromatic heterocycles. The zero-order valence-electron chi connectivity index (χ0n) is 17.0. The number of halogens is 2. The Morgan fingerprint density at radius 2 is 1.69 bits per heavy atom. The molecule has 1 saturated heterocycles. The first-order chi connectivity index (χ1) is 15.3. The third-order valence-electron chi connectivity index (χ3n) is 6.17. The van der Waals surface area contributed by atoms with Crippen LogP contribution in [0.2, 0.25) is 5.02 Å². The van der Waals surface area contributed by atoms with Crippen molar-refractivity contribution in [3.63, 3.8) is 0 Å². The van der Waals surface area contributed by atoms with Crippen LogP contribution in [-0.2, 0) is 19.8 Å². The largest absolute Gasteiger partial charge is 0.424 e. The van der Waals surface area contributed by atoms with Crippen LogP contribution in [0.3, 0.4) is 0 Å². The van der Waals surface area contributed by atoms with Gasteiger partial charge in [0.25, 0.3) is 0 Å². The number of carbonyl (C=O) groups excluding carboxylic acids is 3. The highest BCUT2D eigenvalue weighted by Crippen LogP contribution is 2.54. The number of esters is 1. The van der Waals surface area contributed by atoms with Crippen molar-refractivity contribution in [3.05, 3.63) is 92.9 Å². The van der Waals surface area contributed by atoms with Gasteiger partial charge in [-0.1, -0.05) is 53.6 Å². The summed E-state index contributed by atoms with van der Waals surface area (Å²) >= 11 is 9.54. The average Bonchev–Trinajstić information content (AvgIpc) is 3.24. The summed E-state index contributed by atoms with van der Waals surface area (Å²) in [5.74, 6) is -1.97. The molecular formula is C25H17BrClNO4.